The standard InChI is InChI=1S/C17H22FN5O3/c18-12-2-1-3-13(10-12)21-17(26)23-9-8-22(16(25)11-4-5-11)15(23)14(24)20-7-6-19/h1-3,10-11,15H,4-9,19H2,(H,20,24)(H,21,26). The van der Waals surface area contributed by atoms with Gasteiger partial charge >= 0.3 is 6.03 Å². The third-order valence-electron chi connectivity index (χ3n) is 4.40. The molecule has 4 amide bonds. The van der Waals surface area contributed by atoms with Crippen molar-refractivity contribution < 1.29 is 18.8 Å². The summed E-state index contributed by atoms with van der Waals surface area (Å²) in [7, 11) is 0. The molecule has 1 aliphatic heterocycles. The molecule has 0 aromatic heterocycles. The van der Waals surface area contributed by atoms with Gasteiger partial charge in [-0.05, 0) is 31.0 Å². The second kappa shape index (κ2) is 7.69. The number of benzene rings is 1. The van der Waals surface area contributed by atoms with Crippen LogP contribution >= 0.6 is 0 Å². The van der Waals surface area contributed by atoms with Crippen LogP contribution in [0.2, 0.25) is 0 Å². The van der Waals surface area contributed by atoms with Gasteiger partial charge in [0.1, 0.15) is 5.82 Å². The highest BCUT2D eigenvalue weighted by Crippen LogP contribution is 2.33. The van der Waals surface area contributed by atoms with Crippen LogP contribution in [0.4, 0.5) is 14.9 Å². The van der Waals surface area contributed by atoms with Gasteiger partial charge in [0.05, 0.1) is 0 Å². The molecule has 0 bridgehead atoms. The van der Waals surface area contributed by atoms with Crippen LogP contribution in [0.1, 0.15) is 12.8 Å². The topological polar surface area (TPSA) is 108 Å². The number of nitrogens with two attached hydrogens (primary N) is 1. The van der Waals surface area contributed by atoms with Gasteiger partial charge in [-0.3, -0.25) is 14.5 Å². The fourth-order valence-electron chi connectivity index (χ4n) is 2.97. The molecule has 9 heteroatoms. The van der Waals surface area contributed by atoms with Gasteiger partial charge in [0.2, 0.25) is 5.91 Å². The van der Waals surface area contributed by atoms with E-state index in [1.165, 1.54) is 28.0 Å². The SMILES string of the molecule is NCCNC(=O)C1N(C(=O)Nc2cccc(F)c2)CCN1C(=O)C1CC1. The largest absolute Gasteiger partial charge is 0.351 e. The van der Waals surface area contributed by atoms with E-state index in [0.717, 1.165) is 12.8 Å². The van der Waals surface area contributed by atoms with Gasteiger partial charge in [-0.15, -0.1) is 0 Å². The smallest absolute Gasteiger partial charge is 0.323 e. The molecule has 1 aliphatic carbocycles. The number of amides is 4. The van der Waals surface area contributed by atoms with Crippen LogP contribution in [-0.4, -0.2) is 60.0 Å². The summed E-state index contributed by atoms with van der Waals surface area (Å²) in [6.07, 6.45) is 0.590. The van der Waals surface area contributed by atoms with Crippen molar-refractivity contribution in [3.05, 3.63) is 30.1 Å². The quantitative estimate of drug-likeness (QED) is 0.700. The molecule has 0 radical (unpaired) electrons. The van der Waals surface area contributed by atoms with E-state index >= 15 is 0 Å². The number of anilines is 1. The Morgan fingerprint density at radius 2 is 1.92 bits per heavy atom. The lowest BCUT2D eigenvalue weighted by atomic mass is 10.3. The van der Waals surface area contributed by atoms with Gasteiger partial charge in [-0.2, -0.15) is 0 Å². The highest BCUT2D eigenvalue weighted by Gasteiger charge is 2.46. The second-order valence-corrected chi connectivity index (χ2v) is 6.39. The Balaban J connectivity index is 1.75. The third-order valence-corrected chi connectivity index (χ3v) is 4.40. The van der Waals surface area contributed by atoms with E-state index in [0.29, 0.717) is 0 Å². The highest BCUT2D eigenvalue weighted by atomic mass is 19.1. The zero-order chi connectivity index (χ0) is 18.7. The summed E-state index contributed by atoms with van der Waals surface area (Å²) in [4.78, 5) is 40.4. The van der Waals surface area contributed by atoms with Gasteiger partial charge in [0.15, 0.2) is 6.17 Å². The number of hydrogen-bond donors (Lipinski definition) is 3. The Labute approximate surface area is 150 Å². The van der Waals surface area contributed by atoms with Crippen LogP contribution in [0.15, 0.2) is 24.3 Å². The van der Waals surface area contributed by atoms with E-state index in [4.69, 9.17) is 5.73 Å². The normalized spacial score (nSPS) is 19.4. The fourth-order valence-corrected chi connectivity index (χ4v) is 2.97. The molecule has 1 saturated carbocycles. The summed E-state index contributed by atoms with van der Waals surface area (Å²) in [5.41, 5.74) is 5.70. The Morgan fingerprint density at radius 1 is 1.19 bits per heavy atom. The molecule has 1 heterocycles. The Bertz CT molecular complexity index is 709. The number of hydrogen-bond acceptors (Lipinski definition) is 4. The Hall–Kier alpha value is -2.68. The number of nitrogens with zero attached hydrogens (tertiary/aromatic N) is 2. The molecule has 4 N–H and O–H groups in total. The van der Waals surface area contributed by atoms with Crippen molar-refractivity contribution in [2.75, 3.05) is 31.5 Å². The van der Waals surface area contributed by atoms with Crippen molar-refractivity contribution in [3.63, 3.8) is 0 Å². The van der Waals surface area contributed by atoms with E-state index in [9.17, 15) is 18.8 Å². The van der Waals surface area contributed by atoms with Crippen molar-refractivity contribution in [2.24, 2.45) is 11.7 Å². The van der Waals surface area contributed by atoms with Gasteiger partial charge in [0, 0.05) is 37.8 Å². The maximum atomic E-state index is 13.3. The molecule has 0 spiro atoms. The maximum Gasteiger partial charge on any atom is 0.323 e. The molecule has 1 aromatic carbocycles. The summed E-state index contributed by atoms with van der Waals surface area (Å²) in [5.74, 6) is -1.10. The number of nitrogens with one attached hydrogen (secondary N) is 2. The minimum atomic E-state index is -1.02. The summed E-state index contributed by atoms with van der Waals surface area (Å²) < 4.78 is 13.3. The number of halogens is 1. The van der Waals surface area contributed by atoms with Gasteiger partial charge in [0.25, 0.3) is 5.91 Å². The van der Waals surface area contributed by atoms with Crippen molar-refractivity contribution in [1.29, 1.82) is 0 Å². The minimum absolute atomic E-state index is 0.0639. The number of urea groups is 1. The van der Waals surface area contributed by atoms with Crippen LogP contribution in [0.5, 0.6) is 0 Å². The first-order valence-corrected chi connectivity index (χ1v) is 8.62. The molecule has 1 atom stereocenters. The molecule has 1 aromatic rings. The van der Waals surface area contributed by atoms with Crippen LogP contribution in [0, 0.1) is 11.7 Å². The van der Waals surface area contributed by atoms with Crippen molar-refractivity contribution in [2.45, 2.75) is 19.0 Å². The highest BCUT2D eigenvalue weighted by molar-refractivity contribution is 5.96. The van der Waals surface area contributed by atoms with Crippen LogP contribution < -0.4 is 16.4 Å². The van der Waals surface area contributed by atoms with E-state index in [2.05, 4.69) is 10.6 Å². The predicted octanol–water partition coefficient (Wildman–Crippen LogP) is 0.313. The van der Waals surface area contributed by atoms with E-state index in [1.54, 1.807) is 6.07 Å². The molecule has 2 fully saturated rings. The molecule has 2 aliphatic rings. The Kier molecular flexibility index (Phi) is 5.36. The monoisotopic (exact) mass is 363 g/mol. The van der Waals surface area contributed by atoms with Gasteiger partial charge in [-0.1, -0.05) is 6.07 Å². The summed E-state index contributed by atoms with van der Waals surface area (Å²) in [5, 5.41) is 5.21. The number of carbonyl (C=O) groups excluding carboxylic acids is 3. The zero-order valence-electron chi connectivity index (χ0n) is 14.3. The third kappa shape index (κ3) is 3.93. The first kappa shape index (κ1) is 18.1. The average Bonchev–Trinajstić information content (AvgIpc) is 3.37. The average molecular weight is 363 g/mol. The minimum Gasteiger partial charge on any atom is -0.351 e. The molecule has 1 unspecified atom stereocenters. The summed E-state index contributed by atoms with van der Waals surface area (Å²) in [6, 6.07) is 4.92. The summed E-state index contributed by atoms with van der Waals surface area (Å²) in [6.45, 7) is 1.01. The van der Waals surface area contributed by atoms with Crippen molar-refractivity contribution in [3.8, 4) is 0 Å². The molecular formula is C17H22FN5O3. The Morgan fingerprint density at radius 3 is 2.58 bits per heavy atom. The van der Waals surface area contributed by atoms with E-state index in [1.807, 2.05) is 0 Å². The molecule has 1 saturated heterocycles. The van der Waals surface area contributed by atoms with Crippen LogP contribution in [0.3, 0.4) is 0 Å². The van der Waals surface area contributed by atoms with Gasteiger partial charge < -0.3 is 21.3 Å². The van der Waals surface area contributed by atoms with Crippen molar-refractivity contribution >= 4 is 23.5 Å². The fraction of sp³-hybridized carbons (Fsp3) is 0.471. The van der Waals surface area contributed by atoms with E-state index < -0.39 is 23.9 Å². The van der Waals surface area contributed by atoms with E-state index in [-0.39, 0.29) is 43.7 Å². The molecule has 8 nitrogen and oxygen atoms in total. The molecule has 3 rings (SSSR count). The molecular weight excluding hydrogens is 341 g/mol. The van der Waals surface area contributed by atoms with Crippen LogP contribution in [0.25, 0.3) is 0 Å². The van der Waals surface area contributed by atoms with Crippen LogP contribution in [-0.2, 0) is 9.59 Å². The lowest BCUT2D eigenvalue weighted by Crippen LogP contribution is -2.55. The maximum absolute atomic E-state index is 13.3. The predicted molar refractivity (Wildman–Crippen MR) is 92.4 cm³/mol. The van der Waals surface area contributed by atoms with Crippen molar-refractivity contribution in [1.82, 2.24) is 15.1 Å². The lowest BCUT2D eigenvalue weighted by molar-refractivity contribution is -0.142. The number of carbonyl (C=O) groups is 3. The zero-order valence-corrected chi connectivity index (χ0v) is 14.3. The number of rotatable bonds is 5. The van der Waals surface area contributed by atoms with Gasteiger partial charge in [-0.25, -0.2) is 9.18 Å². The summed E-state index contributed by atoms with van der Waals surface area (Å²) >= 11 is 0. The first-order chi connectivity index (χ1) is 12.5. The first-order valence-electron chi connectivity index (χ1n) is 8.62. The lowest BCUT2D eigenvalue weighted by Gasteiger charge is -2.29. The molecule has 26 heavy (non-hydrogen) atoms. The second-order valence-electron chi connectivity index (χ2n) is 6.39. The molecule has 140 valence electrons.